The Balaban J connectivity index is 2.25. The molecule has 1 rings (SSSR count). The van der Waals surface area contributed by atoms with Crippen LogP contribution in [0.4, 0.5) is 0 Å². The molecule has 0 amide bonds. The van der Waals surface area contributed by atoms with Crippen molar-refractivity contribution in [1.29, 1.82) is 0 Å². The Morgan fingerprint density at radius 3 is 2.56 bits per heavy atom. The van der Waals surface area contributed by atoms with Crippen LogP contribution < -0.4 is 0 Å². The van der Waals surface area contributed by atoms with E-state index in [-0.39, 0.29) is 5.78 Å². The highest BCUT2D eigenvalue weighted by Gasteiger charge is 2.29. The third-order valence-corrected chi connectivity index (χ3v) is 1.75. The average Bonchev–Trinajstić information content (AvgIpc) is 2.42. The Morgan fingerprint density at radius 2 is 2.22 bits per heavy atom. The summed E-state index contributed by atoms with van der Waals surface area (Å²) >= 11 is 0. The number of rotatable bonds is 2. The van der Waals surface area contributed by atoms with Crippen molar-refractivity contribution in [3.8, 4) is 0 Å². The van der Waals surface area contributed by atoms with Gasteiger partial charge in [-0.15, -0.1) is 0 Å². The first-order valence-electron chi connectivity index (χ1n) is 3.39. The van der Waals surface area contributed by atoms with Gasteiger partial charge in [0.05, 0.1) is 0 Å². The second-order valence-corrected chi connectivity index (χ2v) is 2.85. The summed E-state index contributed by atoms with van der Waals surface area (Å²) < 4.78 is 0. The van der Waals surface area contributed by atoms with E-state index in [1.165, 1.54) is 6.42 Å². The van der Waals surface area contributed by atoms with Gasteiger partial charge in [0.2, 0.25) is 0 Å². The molecule has 0 aliphatic heterocycles. The van der Waals surface area contributed by atoms with Crippen LogP contribution in [-0.2, 0) is 4.79 Å². The van der Waals surface area contributed by atoms with Gasteiger partial charge in [0, 0.05) is 0 Å². The SMILES string of the molecule is CC(=O)C=CC1CC1C. The van der Waals surface area contributed by atoms with Gasteiger partial charge in [-0.05, 0) is 31.3 Å². The van der Waals surface area contributed by atoms with Crippen molar-refractivity contribution >= 4 is 5.78 Å². The summed E-state index contributed by atoms with van der Waals surface area (Å²) in [4.78, 5) is 10.4. The van der Waals surface area contributed by atoms with Crippen molar-refractivity contribution in [2.75, 3.05) is 0 Å². The van der Waals surface area contributed by atoms with Gasteiger partial charge in [-0.3, -0.25) is 4.79 Å². The van der Waals surface area contributed by atoms with Gasteiger partial charge in [-0.25, -0.2) is 0 Å². The van der Waals surface area contributed by atoms with Gasteiger partial charge >= 0.3 is 0 Å². The molecule has 9 heavy (non-hydrogen) atoms. The van der Waals surface area contributed by atoms with Crippen LogP contribution in [-0.4, -0.2) is 5.78 Å². The van der Waals surface area contributed by atoms with Crippen molar-refractivity contribution < 1.29 is 4.79 Å². The van der Waals surface area contributed by atoms with E-state index in [0.717, 1.165) is 5.92 Å². The first-order chi connectivity index (χ1) is 4.20. The monoisotopic (exact) mass is 124 g/mol. The van der Waals surface area contributed by atoms with Crippen LogP contribution in [0.1, 0.15) is 20.3 Å². The maximum Gasteiger partial charge on any atom is 0.152 e. The number of allylic oxidation sites excluding steroid dienone is 2. The second-order valence-electron chi connectivity index (χ2n) is 2.85. The van der Waals surface area contributed by atoms with Gasteiger partial charge in [0.1, 0.15) is 0 Å². The summed E-state index contributed by atoms with van der Waals surface area (Å²) in [5.41, 5.74) is 0. The number of carbonyl (C=O) groups excluding carboxylic acids is 1. The number of carbonyl (C=O) groups is 1. The number of hydrogen-bond donors (Lipinski definition) is 0. The summed E-state index contributed by atoms with van der Waals surface area (Å²) in [6.45, 7) is 3.79. The minimum Gasteiger partial charge on any atom is -0.295 e. The molecule has 0 radical (unpaired) electrons. The maximum absolute atomic E-state index is 10.4. The van der Waals surface area contributed by atoms with Crippen LogP contribution >= 0.6 is 0 Å². The molecule has 1 saturated carbocycles. The smallest absolute Gasteiger partial charge is 0.152 e. The van der Waals surface area contributed by atoms with E-state index in [9.17, 15) is 4.79 Å². The first kappa shape index (κ1) is 6.53. The second kappa shape index (κ2) is 2.34. The Morgan fingerprint density at radius 1 is 1.67 bits per heavy atom. The Labute approximate surface area is 55.8 Å². The van der Waals surface area contributed by atoms with E-state index >= 15 is 0 Å². The average molecular weight is 124 g/mol. The van der Waals surface area contributed by atoms with Crippen molar-refractivity contribution in [3.05, 3.63) is 12.2 Å². The van der Waals surface area contributed by atoms with E-state index in [0.29, 0.717) is 5.92 Å². The highest BCUT2D eigenvalue weighted by Crippen LogP contribution is 2.38. The first-order valence-corrected chi connectivity index (χ1v) is 3.39. The zero-order valence-electron chi connectivity index (χ0n) is 5.92. The van der Waals surface area contributed by atoms with Gasteiger partial charge in [-0.2, -0.15) is 0 Å². The summed E-state index contributed by atoms with van der Waals surface area (Å²) in [7, 11) is 0. The van der Waals surface area contributed by atoms with Gasteiger partial charge < -0.3 is 0 Å². The maximum atomic E-state index is 10.4. The molecular weight excluding hydrogens is 112 g/mol. The minimum absolute atomic E-state index is 0.161. The molecule has 2 atom stereocenters. The normalized spacial score (nSPS) is 33.1. The third kappa shape index (κ3) is 2.00. The molecule has 0 N–H and O–H groups in total. The fourth-order valence-corrected chi connectivity index (χ4v) is 0.878. The highest BCUT2D eigenvalue weighted by molar-refractivity contribution is 5.87. The molecule has 2 unspecified atom stereocenters. The lowest BCUT2D eigenvalue weighted by molar-refractivity contribution is -0.112. The van der Waals surface area contributed by atoms with Crippen LogP contribution in [0.25, 0.3) is 0 Å². The predicted molar refractivity (Wildman–Crippen MR) is 37.1 cm³/mol. The molecule has 1 nitrogen and oxygen atoms in total. The molecule has 0 bridgehead atoms. The molecule has 1 aliphatic rings. The molecule has 0 aromatic heterocycles. The molecule has 0 spiro atoms. The van der Waals surface area contributed by atoms with Crippen LogP contribution in [0.15, 0.2) is 12.2 Å². The lowest BCUT2D eigenvalue weighted by atomic mass is 10.3. The molecule has 1 fully saturated rings. The van der Waals surface area contributed by atoms with Gasteiger partial charge in [0.25, 0.3) is 0 Å². The Kier molecular flexibility index (Phi) is 1.70. The van der Waals surface area contributed by atoms with E-state index in [2.05, 4.69) is 6.92 Å². The molecule has 50 valence electrons. The van der Waals surface area contributed by atoms with Gasteiger partial charge in [0.15, 0.2) is 5.78 Å². The highest BCUT2D eigenvalue weighted by atomic mass is 16.1. The summed E-state index contributed by atoms with van der Waals surface area (Å²) in [5, 5.41) is 0. The Hall–Kier alpha value is -0.590. The topological polar surface area (TPSA) is 17.1 Å². The van der Waals surface area contributed by atoms with Crippen molar-refractivity contribution in [1.82, 2.24) is 0 Å². The van der Waals surface area contributed by atoms with E-state index in [4.69, 9.17) is 0 Å². The van der Waals surface area contributed by atoms with E-state index < -0.39 is 0 Å². The predicted octanol–water partition coefficient (Wildman–Crippen LogP) is 1.79. The molecule has 1 aliphatic carbocycles. The van der Waals surface area contributed by atoms with Crippen LogP contribution in [0.5, 0.6) is 0 Å². The molecular formula is C8H12O. The summed E-state index contributed by atoms with van der Waals surface area (Å²) in [5.74, 6) is 1.68. The lowest BCUT2D eigenvalue weighted by Gasteiger charge is -1.79. The molecule has 0 aromatic rings. The van der Waals surface area contributed by atoms with Crippen LogP contribution in [0.3, 0.4) is 0 Å². The quantitative estimate of drug-likeness (QED) is 0.513. The minimum atomic E-state index is 0.161. The summed E-state index contributed by atoms with van der Waals surface area (Å²) in [6.07, 6.45) is 4.96. The standard InChI is InChI=1S/C8H12O/c1-6-5-8(6)4-3-7(2)9/h3-4,6,8H,5H2,1-2H3. The van der Waals surface area contributed by atoms with Crippen molar-refractivity contribution in [3.63, 3.8) is 0 Å². The molecule has 0 saturated heterocycles. The molecule has 1 heteroatoms. The number of ketones is 1. The van der Waals surface area contributed by atoms with E-state index in [1.54, 1.807) is 13.0 Å². The van der Waals surface area contributed by atoms with E-state index in [1.807, 2.05) is 6.08 Å². The zero-order chi connectivity index (χ0) is 6.85. The number of hydrogen-bond acceptors (Lipinski definition) is 1. The molecule has 0 aromatic carbocycles. The Bertz CT molecular complexity index is 147. The van der Waals surface area contributed by atoms with Crippen LogP contribution in [0, 0.1) is 11.8 Å². The van der Waals surface area contributed by atoms with Crippen molar-refractivity contribution in [2.45, 2.75) is 20.3 Å². The third-order valence-electron chi connectivity index (χ3n) is 1.75. The molecule has 0 heterocycles. The lowest BCUT2D eigenvalue weighted by Crippen LogP contribution is -1.80. The fraction of sp³-hybridized carbons (Fsp3) is 0.625. The zero-order valence-corrected chi connectivity index (χ0v) is 5.92. The van der Waals surface area contributed by atoms with Crippen molar-refractivity contribution in [2.24, 2.45) is 11.8 Å². The fourth-order valence-electron chi connectivity index (χ4n) is 0.878. The van der Waals surface area contributed by atoms with Gasteiger partial charge in [-0.1, -0.05) is 13.0 Å². The largest absolute Gasteiger partial charge is 0.295 e. The summed E-state index contributed by atoms with van der Waals surface area (Å²) in [6, 6.07) is 0. The van der Waals surface area contributed by atoms with Crippen LogP contribution in [0.2, 0.25) is 0 Å².